The van der Waals surface area contributed by atoms with E-state index in [1.54, 1.807) is 13.8 Å². The maximum Gasteiger partial charge on any atom is 0.415 e. The van der Waals surface area contributed by atoms with Crippen LogP contribution < -0.4 is 15.0 Å². The molecule has 1 N–H and O–H groups in total. The number of nitrogens with one attached hydrogen (secondary N) is 1. The normalized spacial score (nSPS) is 17.0. The second kappa shape index (κ2) is 6.82. The molecule has 0 saturated heterocycles. The fourth-order valence-corrected chi connectivity index (χ4v) is 2.70. The molecule has 8 nitrogen and oxygen atoms in total. The monoisotopic (exact) mass is 326 g/mol. The van der Waals surface area contributed by atoms with Gasteiger partial charge in [-0.15, -0.1) is 5.10 Å². The minimum absolute atomic E-state index is 0.149. The van der Waals surface area contributed by atoms with Crippen LogP contribution in [0.2, 0.25) is 0 Å². The van der Waals surface area contributed by atoms with E-state index in [-0.39, 0.29) is 17.9 Å². The van der Waals surface area contributed by atoms with Gasteiger partial charge in [0.25, 0.3) is 5.88 Å². The first-order chi connectivity index (χ1) is 10.5. The van der Waals surface area contributed by atoms with Crippen LogP contribution in [0.15, 0.2) is 6.20 Å². The number of hydrogen-bond donors (Lipinski definition) is 1. The van der Waals surface area contributed by atoms with Crippen LogP contribution in [0.1, 0.15) is 13.8 Å². The number of carbonyl (C=O) groups excluding carboxylic acids is 2. The Balaban J connectivity index is 2.49. The summed E-state index contributed by atoms with van der Waals surface area (Å²) in [4.78, 5) is 26.1. The highest BCUT2D eigenvalue weighted by atomic mass is 32.2. The summed E-state index contributed by atoms with van der Waals surface area (Å²) < 4.78 is 10.3. The highest BCUT2D eigenvalue weighted by molar-refractivity contribution is 7.98. The zero-order valence-corrected chi connectivity index (χ0v) is 13.6. The van der Waals surface area contributed by atoms with Crippen molar-refractivity contribution in [3.05, 3.63) is 6.20 Å². The maximum absolute atomic E-state index is 12.4. The fraction of sp³-hybridized carbons (Fsp3) is 0.538. The van der Waals surface area contributed by atoms with Crippen LogP contribution in [-0.4, -0.2) is 53.5 Å². The van der Waals surface area contributed by atoms with E-state index in [9.17, 15) is 9.59 Å². The summed E-state index contributed by atoms with van der Waals surface area (Å²) in [6.45, 7) is 3.50. The number of anilines is 2. The number of amides is 2. The number of nitrogens with zero attached hydrogens (tertiary/aromatic N) is 3. The number of hydrogen-bond acceptors (Lipinski definition) is 7. The van der Waals surface area contributed by atoms with Crippen molar-refractivity contribution in [2.45, 2.75) is 26.0 Å². The van der Waals surface area contributed by atoms with Crippen molar-refractivity contribution in [2.75, 3.05) is 29.3 Å². The quantitative estimate of drug-likeness (QED) is 0.896. The largest absolute Gasteiger partial charge is 0.478 e. The van der Waals surface area contributed by atoms with Crippen molar-refractivity contribution in [3.8, 4) is 5.88 Å². The molecule has 9 heteroatoms. The molecule has 2 rings (SSSR count). The topological polar surface area (TPSA) is 93.7 Å². The van der Waals surface area contributed by atoms with Crippen LogP contribution >= 0.6 is 11.8 Å². The number of fused-ring (bicyclic) bond motifs is 1. The number of thioether (sulfide) groups is 1. The Kier molecular flexibility index (Phi) is 5.07. The van der Waals surface area contributed by atoms with Crippen molar-refractivity contribution in [2.24, 2.45) is 0 Å². The van der Waals surface area contributed by atoms with Crippen molar-refractivity contribution in [1.29, 1.82) is 0 Å². The lowest BCUT2D eigenvalue weighted by atomic mass is 10.1. The maximum atomic E-state index is 12.4. The fourth-order valence-electron chi connectivity index (χ4n) is 2.09. The van der Waals surface area contributed by atoms with Gasteiger partial charge in [0.05, 0.1) is 25.1 Å². The van der Waals surface area contributed by atoms with Crippen LogP contribution in [-0.2, 0) is 9.53 Å². The standard InChI is InChI=1S/C13H18N4O4S/c1-7(2)21-13(19)17-8-5-14-16-12(20-3)10(8)15-11(18)9(17)6-22-4/h5,7,9H,6H2,1-4H3,(H,15,18). The van der Waals surface area contributed by atoms with Gasteiger partial charge in [0.15, 0.2) is 0 Å². The highest BCUT2D eigenvalue weighted by Gasteiger charge is 2.40. The van der Waals surface area contributed by atoms with Crippen LogP contribution in [0.3, 0.4) is 0 Å². The van der Waals surface area contributed by atoms with E-state index in [0.717, 1.165) is 0 Å². The minimum atomic E-state index is -0.678. The zero-order valence-electron chi connectivity index (χ0n) is 12.8. The molecule has 22 heavy (non-hydrogen) atoms. The second-order valence-electron chi connectivity index (χ2n) is 4.88. The van der Waals surface area contributed by atoms with Crippen molar-refractivity contribution in [1.82, 2.24) is 10.2 Å². The van der Waals surface area contributed by atoms with Gasteiger partial charge in [-0.05, 0) is 20.1 Å². The Hall–Kier alpha value is -2.03. The molecular formula is C13H18N4O4S. The molecule has 1 aromatic heterocycles. The molecule has 0 bridgehead atoms. The Labute approximate surface area is 132 Å². The summed E-state index contributed by atoms with van der Waals surface area (Å²) >= 11 is 1.46. The smallest absolute Gasteiger partial charge is 0.415 e. The third-order valence-electron chi connectivity index (χ3n) is 2.97. The zero-order chi connectivity index (χ0) is 16.3. The predicted octanol–water partition coefficient (Wildman–Crippen LogP) is 1.52. The third-order valence-corrected chi connectivity index (χ3v) is 3.62. The Morgan fingerprint density at radius 2 is 2.27 bits per heavy atom. The molecule has 2 amide bonds. The molecule has 120 valence electrons. The molecule has 0 saturated carbocycles. The SMILES string of the molecule is COc1nncc2c1NC(=O)C(CSC)N2C(=O)OC(C)C. The third kappa shape index (κ3) is 3.08. The summed E-state index contributed by atoms with van der Waals surface area (Å²) in [5.41, 5.74) is 0.733. The van der Waals surface area contributed by atoms with Gasteiger partial charge in [0.1, 0.15) is 11.7 Å². The first-order valence-electron chi connectivity index (χ1n) is 6.68. The minimum Gasteiger partial charge on any atom is -0.478 e. The molecule has 0 fully saturated rings. The lowest BCUT2D eigenvalue weighted by Crippen LogP contribution is -2.53. The van der Waals surface area contributed by atoms with Gasteiger partial charge in [-0.1, -0.05) is 0 Å². The highest BCUT2D eigenvalue weighted by Crippen LogP contribution is 2.37. The van der Waals surface area contributed by atoms with Gasteiger partial charge in [0, 0.05) is 5.75 Å². The summed E-state index contributed by atoms with van der Waals surface area (Å²) in [7, 11) is 1.42. The molecule has 1 unspecified atom stereocenters. The van der Waals surface area contributed by atoms with Gasteiger partial charge < -0.3 is 14.8 Å². The Morgan fingerprint density at radius 3 is 2.86 bits per heavy atom. The van der Waals surface area contributed by atoms with Gasteiger partial charge in [-0.3, -0.25) is 9.69 Å². The number of aromatic nitrogens is 2. The van der Waals surface area contributed by atoms with E-state index < -0.39 is 12.1 Å². The van der Waals surface area contributed by atoms with E-state index >= 15 is 0 Å². The van der Waals surface area contributed by atoms with Gasteiger partial charge in [0.2, 0.25) is 5.91 Å². The summed E-state index contributed by atoms with van der Waals surface area (Å²) in [6, 6.07) is -0.678. The van der Waals surface area contributed by atoms with Crippen LogP contribution in [0.4, 0.5) is 16.2 Å². The van der Waals surface area contributed by atoms with E-state index in [1.807, 2.05) is 6.26 Å². The van der Waals surface area contributed by atoms with Gasteiger partial charge >= 0.3 is 6.09 Å². The van der Waals surface area contributed by atoms with Crippen molar-refractivity contribution in [3.63, 3.8) is 0 Å². The van der Waals surface area contributed by atoms with Gasteiger partial charge in [-0.2, -0.15) is 16.9 Å². The lowest BCUT2D eigenvalue weighted by molar-refractivity contribution is -0.117. The summed E-state index contributed by atoms with van der Waals surface area (Å²) in [6.07, 6.45) is 2.37. The molecule has 0 spiro atoms. The Morgan fingerprint density at radius 1 is 1.55 bits per heavy atom. The van der Waals surface area contributed by atoms with E-state index in [1.165, 1.54) is 30.0 Å². The first kappa shape index (κ1) is 16.3. The number of rotatable bonds is 4. The average molecular weight is 326 g/mol. The molecule has 0 aromatic carbocycles. The molecule has 1 atom stereocenters. The Bertz CT molecular complexity index is 581. The first-order valence-corrected chi connectivity index (χ1v) is 8.08. The number of methoxy groups -OCH3 is 1. The molecule has 0 aliphatic carbocycles. The molecular weight excluding hydrogens is 308 g/mol. The second-order valence-corrected chi connectivity index (χ2v) is 5.79. The van der Waals surface area contributed by atoms with Crippen molar-refractivity contribution < 1.29 is 19.1 Å². The summed E-state index contributed by atoms with van der Waals surface area (Å²) in [5.74, 6) is 0.271. The molecule has 0 radical (unpaired) electrons. The summed E-state index contributed by atoms with van der Waals surface area (Å²) in [5, 5.41) is 10.3. The molecule has 1 aliphatic rings. The molecule has 2 heterocycles. The average Bonchev–Trinajstić information content (AvgIpc) is 2.46. The number of ether oxygens (including phenoxy) is 2. The number of carbonyl (C=O) groups is 2. The predicted molar refractivity (Wildman–Crippen MR) is 83.5 cm³/mol. The van der Waals surface area contributed by atoms with E-state index in [4.69, 9.17) is 9.47 Å². The van der Waals surface area contributed by atoms with Crippen molar-refractivity contribution >= 4 is 35.1 Å². The van der Waals surface area contributed by atoms with Crippen LogP contribution in [0.25, 0.3) is 0 Å². The van der Waals surface area contributed by atoms with Gasteiger partial charge in [-0.25, -0.2) is 4.79 Å². The lowest BCUT2D eigenvalue weighted by Gasteiger charge is -2.35. The van der Waals surface area contributed by atoms with Crippen LogP contribution in [0.5, 0.6) is 5.88 Å². The van der Waals surface area contributed by atoms with E-state index in [0.29, 0.717) is 17.1 Å². The van der Waals surface area contributed by atoms with Crippen LogP contribution in [0, 0.1) is 0 Å². The molecule has 1 aromatic rings. The van der Waals surface area contributed by atoms with E-state index in [2.05, 4.69) is 15.5 Å². The molecule has 1 aliphatic heterocycles.